The molecule has 1 aromatic rings. The number of ether oxygens (including phenoxy) is 1. The summed E-state index contributed by atoms with van der Waals surface area (Å²) in [4.78, 5) is 10.3. The first-order valence-corrected chi connectivity index (χ1v) is 5.21. The Morgan fingerprint density at radius 1 is 1.59 bits per heavy atom. The highest BCUT2D eigenvalue weighted by atomic mass is 19.4. The van der Waals surface area contributed by atoms with Crippen molar-refractivity contribution >= 4 is 6.47 Å². The molecule has 0 bridgehead atoms. The summed E-state index contributed by atoms with van der Waals surface area (Å²) in [6.45, 7) is 0.288. The number of hydrogen-bond acceptors (Lipinski definition) is 3. The van der Waals surface area contributed by atoms with Crippen LogP contribution in [0.25, 0.3) is 0 Å². The number of rotatable bonds is 5. The van der Waals surface area contributed by atoms with Crippen molar-refractivity contribution in [1.29, 1.82) is 0 Å². The van der Waals surface area contributed by atoms with Gasteiger partial charge in [-0.1, -0.05) is 0 Å². The summed E-state index contributed by atoms with van der Waals surface area (Å²) >= 11 is 0. The van der Waals surface area contributed by atoms with Crippen LogP contribution in [0.2, 0.25) is 0 Å². The van der Waals surface area contributed by atoms with Gasteiger partial charge in [0.05, 0.1) is 6.20 Å². The number of halogens is 3. The van der Waals surface area contributed by atoms with Crippen molar-refractivity contribution in [3.05, 3.63) is 17.5 Å². The lowest BCUT2D eigenvalue weighted by molar-refractivity contribution is -0.142. The maximum Gasteiger partial charge on any atom is 0.433 e. The zero-order valence-corrected chi connectivity index (χ0v) is 8.83. The van der Waals surface area contributed by atoms with Gasteiger partial charge in [-0.05, 0) is 18.8 Å². The Morgan fingerprint density at radius 2 is 2.29 bits per heavy atom. The van der Waals surface area contributed by atoms with Crippen LogP contribution in [0, 0.1) is 5.92 Å². The van der Waals surface area contributed by atoms with Crippen molar-refractivity contribution in [2.75, 3.05) is 0 Å². The minimum Gasteiger partial charge on any atom is -0.464 e. The molecule has 1 unspecified atom stereocenters. The van der Waals surface area contributed by atoms with Gasteiger partial charge in [-0.15, -0.1) is 0 Å². The highest BCUT2D eigenvalue weighted by molar-refractivity contribution is 5.38. The molecule has 4 nitrogen and oxygen atoms in total. The molecule has 1 saturated carbocycles. The number of alkyl halides is 3. The molecule has 1 aliphatic carbocycles. The molecule has 17 heavy (non-hydrogen) atoms. The quantitative estimate of drug-likeness (QED) is 0.810. The molecule has 1 fully saturated rings. The number of aromatic nitrogens is 2. The number of carbonyl (C=O) groups is 1. The first-order valence-electron chi connectivity index (χ1n) is 5.21. The standard InChI is InChI=1S/C10H11F3N2O2/c11-10(12,13)9-7(4-14-15-9)3-8(17-5-16)6-1-2-6/h4-6,8H,1-3H2,(H,14,15). The van der Waals surface area contributed by atoms with Crippen LogP contribution >= 0.6 is 0 Å². The van der Waals surface area contributed by atoms with Crippen LogP contribution in [-0.2, 0) is 22.1 Å². The average Bonchev–Trinajstić information content (AvgIpc) is 2.96. The van der Waals surface area contributed by atoms with Crippen LogP contribution in [0.3, 0.4) is 0 Å². The molecule has 2 rings (SSSR count). The van der Waals surface area contributed by atoms with Crippen LogP contribution in [0.15, 0.2) is 6.20 Å². The second kappa shape index (κ2) is 4.38. The van der Waals surface area contributed by atoms with Crippen LogP contribution in [0.5, 0.6) is 0 Å². The van der Waals surface area contributed by atoms with Crippen molar-refractivity contribution < 1.29 is 22.7 Å². The van der Waals surface area contributed by atoms with Crippen molar-refractivity contribution in [1.82, 2.24) is 10.2 Å². The van der Waals surface area contributed by atoms with Crippen LogP contribution in [0.4, 0.5) is 13.2 Å². The molecule has 0 amide bonds. The lowest BCUT2D eigenvalue weighted by Gasteiger charge is -2.14. The van der Waals surface area contributed by atoms with E-state index in [1.807, 2.05) is 5.10 Å². The Kier molecular flexibility index (Phi) is 3.08. The maximum absolute atomic E-state index is 12.6. The normalized spacial score (nSPS) is 17.8. The van der Waals surface area contributed by atoms with Crippen LogP contribution in [0.1, 0.15) is 24.1 Å². The van der Waals surface area contributed by atoms with Gasteiger partial charge in [0.2, 0.25) is 0 Å². The van der Waals surface area contributed by atoms with Crippen molar-refractivity contribution in [2.24, 2.45) is 5.92 Å². The topological polar surface area (TPSA) is 55.0 Å². The molecule has 94 valence electrons. The van der Waals surface area contributed by atoms with E-state index in [9.17, 15) is 18.0 Å². The fourth-order valence-electron chi connectivity index (χ4n) is 1.79. The highest BCUT2D eigenvalue weighted by Crippen LogP contribution is 2.37. The molecular formula is C10H11F3N2O2. The van der Waals surface area contributed by atoms with E-state index in [0.717, 1.165) is 19.0 Å². The SMILES string of the molecule is O=COC(Cc1cn[nH]c1C(F)(F)F)C1CC1. The third kappa shape index (κ3) is 2.78. The number of H-pyrrole nitrogens is 1. The molecule has 0 spiro atoms. The Morgan fingerprint density at radius 3 is 2.82 bits per heavy atom. The predicted octanol–water partition coefficient (Wildman–Crippen LogP) is 1.92. The van der Waals surface area contributed by atoms with Gasteiger partial charge in [-0.25, -0.2) is 0 Å². The van der Waals surface area contributed by atoms with Gasteiger partial charge in [0.1, 0.15) is 11.8 Å². The summed E-state index contributed by atoms with van der Waals surface area (Å²) in [6, 6.07) is 0. The molecule has 7 heteroatoms. The van der Waals surface area contributed by atoms with Gasteiger partial charge in [0, 0.05) is 12.0 Å². The molecule has 0 aliphatic heterocycles. The highest BCUT2D eigenvalue weighted by Gasteiger charge is 2.38. The number of hydrogen-bond donors (Lipinski definition) is 1. The van der Waals surface area contributed by atoms with E-state index in [0.29, 0.717) is 0 Å². The first kappa shape index (κ1) is 11.9. The molecule has 1 heterocycles. The summed E-state index contributed by atoms with van der Waals surface area (Å²) in [5.74, 6) is 0.177. The summed E-state index contributed by atoms with van der Waals surface area (Å²) in [5, 5.41) is 5.33. The Hall–Kier alpha value is -1.53. The van der Waals surface area contributed by atoms with E-state index in [4.69, 9.17) is 4.74 Å². The lowest BCUT2D eigenvalue weighted by atomic mass is 10.1. The molecular weight excluding hydrogens is 237 g/mol. The minimum absolute atomic E-state index is 0.0382. The smallest absolute Gasteiger partial charge is 0.433 e. The van der Waals surface area contributed by atoms with E-state index in [1.54, 1.807) is 0 Å². The zero-order valence-electron chi connectivity index (χ0n) is 8.83. The average molecular weight is 248 g/mol. The Balaban J connectivity index is 2.11. The van der Waals surface area contributed by atoms with Gasteiger partial charge < -0.3 is 4.74 Å². The van der Waals surface area contributed by atoms with Crippen molar-refractivity contribution in [3.63, 3.8) is 0 Å². The van der Waals surface area contributed by atoms with Crippen molar-refractivity contribution in [3.8, 4) is 0 Å². The van der Waals surface area contributed by atoms with E-state index in [-0.39, 0.29) is 24.4 Å². The Labute approximate surface area is 95.1 Å². The second-order valence-corrected chi connectivity index (χ2v) is 4.08. The third-order valence-electron chi connectivity index (χ3n) is 2.80. The van der Waals surface area contributed by atoms with Gasteiger partial charge in [-0.3, -0.25) is 9.89 Å². The second-order valence-electron chi connectivity index (χ2n) is 4.08. The number of nitrogens with one attached hydrogen (secondary N) is 1. The zero-order chi connectivity index (χ0) is 12.5. The molecule has 0 saturated heterocycles. The van der Waals surface area contributed by atoms with E-state index in [2.05, 4.69) is 5.10 Å². The first-order chi connectivity index (χ1) is 8.02. The van der Waals surface area contributed by atoms with E-state index < -0.39 is 18.0 Å². The summed E-state index contributed by atoms with van der Waals surface area (Å²) < 4.78 is 42.5. The molecule has 1 N–H and O–H groups in total. The molecule has 0 radical (unpaired) electrons. The van der Waals surface area contributed by atoms with Gasteiger partial charge in [0.25, 0.3) is 6.47 Å². The van der Waals surface area contributed by atoms with Crippen LogP contribution in [-0.4, -0.2) is 22.8 Å². The maximum atomic E-state index is 12.6. The number of aromatic amines is 1. The molecule has 1 aromatic heterocycles. The van der Waals surface area contributed by atoms with Crippen molar-refractivity contribution in [2.45, 2.75) is 31.5 Å². The molecule has 1 atom stereocenters. The Bertz CT molecular complexity index is 399. The monoisotopic (exact) mass is 248 g/mol. The van der Waals surface area contributed by atoms with Gasteiger partial charge in [0.15, 0.2) is 0 Å². The van der Waals surface area contributed by atoms with E-state index >= 15 is 0 Å². The molecule has 1 aliphatic rings. The summed E-state index contributed by atoms with van der Waals surface area (Å²) in [5.41, 5.74) is -0.825. The van der Waals surface area contributed by atoms with Gasteiger partial charge >= 0.3 is 6.18 Å². The largest absolute Gasteiger partial charge is 0.464 e. The fraction of sp³-hybridized carbons (Fsp3) is 0.600. The summed E-state index contributed by atoms with van der Waals surface area (Å²) in [6.07, 6.45) is -1.98. The predicted molar refractivity (Wildman–Crippen MR) is 51.0 cm³/mol. The minimum atomic E-state index is -4.46. The van der Waals surface area contributed by atoms with Gasteiger partial charge in [-0.2, -0.15) is 18.3 Å². The number of nitrogens with zero attached hydrogens (tertiary/aromatic N) is 1. The molecule has 0 aromatic carbocycles. The van der Waals surface area contributed by atoms with E-state index in [1.165, 1.54) is 0 Å². The number of carbonyl (C=O) groups excluding carboxylic acids is 1. The lowest BCUT2D eigenvalue weighted by Crippen LogP contribution is -2.20. The summed E-state index contributed by atoms with van der Waals surface area (Å²) in [7, 11) is 0. The fourth-order valence-corrected chi connectivity index (χ4v) is 1.79. The third-order valence-corrected chi connectivity index (χ3v) is 2.80. The van der Waals surface area contributed by atoms with Crippen LogP contribution < -0.4 is 0 Å².